The number of fused-ring (bicyclic) bond motifs is 3. The Kier molecular flexibility index (Phi) is 4.01. The van der Waals surface area contributed by atoms with Crippen LogP contribution in [0.5, 0.6) is 5.75 Å². The van der Waals surface area contributed by atoms with Gasteiger partial charge in [0.15, 0.2) is 16.9 Å². The largest absolute Gasteiger partial charge is 0.495 e. The molecule has 0 aliphatic rings. The maximum atomic E-state index is 12.7. The number of ether oxygens (including phenoxy) is 1. The van der Waals surface area contributed by atoms with Crippen molar-refractivity contribution < 1.29 is 4.74 Å². The first-order valence-electron chi connectivity index (χ1n) is 9.42. The van der Waals surface area contributed by atoms with Gasteiger partial charge in [-0.05, 0) is 12.1 Å². The van der Waals surface area contributed by atoms with Gasteiger partial charge in [-0.2, -0.15) is 10.2 Å². The van der Waals surface area contributed by atoms with E-state index < -0.39 is 11.2 Å². The number of imidazole rings is 2. The van der Waals surface area contributed by atoms with Gasteiger partial charge in [-0.25, -0.2) is 4.79 Å². The fraction of sp³-hybridized carbons (Fsp3) is 0.0909. The van der Waals surface area contributed by atoms with Crippen LogP contribution in [-0.4, -0.2) is 30.6 Å². The van der Waals surface area contributed by atoms with E-state index in [1.807, 2.05) is 48.5 Å². The molecule has 3 heterocycles. The van der Waals surface area contributed by atoms with Crippen molar-refractivity contribution in [3.63, 3.8) is 0 Å². The summed E-state index contributed by atoms with van der Waals surface area (Å²) in [6, 6.07) is 18.9. The topological polar surface area (TPSA) is 110 Å². The third-order valence-corrected chi connectivity index (χ3v) is 5.25. The SMILES string of the molecule is COc1ccccc1-n1c(-c2ccccc2)c(C#N)n2c3c(=O)[nH]c(=O)n(C)c3nc12. The lowest BCUT2D eigenvalue weighted by Crippen LogP contribution is -2.28. The van der Waals surface area contributed by atoms with Gasteiger partial charge < -0.3 is 4.74 Å². The highest BCUT2D eigenvalue weighted by atomic mass is 16.5. The van der Waals surface area contributed by atoms with Crippen molar-refractivity contribution in [1.82, 2.24) is 23.5 Å². The Hall–Kier alpha value is -4.58. The van der Waals surface area contributed by atoms with Gasteiger partial charge >= 0.3 is 5.69 Å². The van der Waals surface area contributed by atoms with Crippen molar-refractivity contribution >= 4 is 16.9 Å². The van der Waals surface area contributed by atoms with E-state index in [4.69, 9.17) is 4.74 Å². The van der Waals surface area contributed by atoms with Crippen molar-refractivity contribution in [2.75, 3.05) is 7.11 Å². The van der Waals surface area contributed by atoms with E-state index in [0.717, 1.165) is 5.56 Å². The molecule has 2 aromatic carbocycles. The van der Waals surface area contributed by atoms with Crippen LogP contribution in [0, 0.1) is 11.3 Å². The number of nitriles is 1. The molecule has 0 saturated heterocycles. The molecule has 31 heavy (non-hydrogen) atoms. The summed E-state index contributed by atoms with van der Waals surface area (Å²) in [6.45, 7) is 0. The predicted octanol–water partition coefficient (Wildman–Crippen LogP) is 2.21. The summed E-state index contributed by atoms with van der Waals surface area (Å²) in [5, 5.41) is 10.1. The Bertz CT molecular complexity index is 1630. The molecule has 0 aliphatic heterocycles. The smallest absolute Gasteiger partial charge is 0.329 e. The van der Waals surface area contributed by atoms with Gasteiger partial charge in [-0.1, -0.05) is 42.5 Å². The molecule has 9 heteroatoms. The molecule has 1 N–H and O–H groups in total. The van der Waals surface area contributed by atoms with Crippen LogP contribution in [-0.2, 0) is 7.05 Å². The molecule has 3 aromatic heterocycles. The Morgan fingerprint density at radius 1 is 1.06 bits per heavy atom. The molecule has 5 aromatic rings. The summed E-state index contributed by atoms with van der Waals surface area (Å²) in [5.41, 5.74) is 1.31. The zero-order valence-corrected chi connectivity index (χ0v) is 16.7. The van der Waals surface area contributed by atoms with Crippen LogP contribution in [0.15, 0.2) is 64.2 Å². The van der Waals surface area contributed by atoms with E-state index in [1.54, 1.807) is 17.7 Å². The van der Waals surface area contributed by atoms with Gasteiger partial charge in [0.05, 0.1) is 18.5 Å². The molecule has 0 saturated carbocycles. The number of H-pyrrole nitrogens is 1. The second-order valence-electron chi connectivity index (χ2n) is 6.92. The van der Waals surface area contributed by atoms with Crippen molar-refractivity contribution in [3.05, 3.63) is 81.1 Å². The number of aromatic nitrogens is 5. The van der Waals surface area contributed by atoms with Gasteiger partial charge in [-0.3, -0.25) is 23.3 Å². The minimum atomic E-state index is -0.612. The number of nitrogens with one attached hydrogen (secondary N) is 1. The fourth-order valence-electron chi connectivity index (χ4n) is 3.85. The number of rotatable bonds is 3. The molecule has 9 nitrogen and oxygen atoms in total. The highest BCUT2D eigenvalue weighted by Gasteiger charge is 2.27. The second kappa shape index (κ2) is 6.74. The number of methoxy groups -OCH3 is 1. The first-order chi connectivity index (χ1) is 15.1. The second-order valence-corrected chi connectivity index (χ2v) is 6.92. The minimum absolute atomic E-state index is 0.125. The van der Waals surface area contributed by atoms with E-state index in [0.29, 0.717) is 22.9 Å². The van der Waals surface area contributed by atoms with E-state index in [1.165, 1.54) is 16.0 Å². The molecule has 0 bridgehead atoms. The van der Waals surface area contributed by atoms with Gasteiger partial charge in [0, 0.05) is 12.6 Å². The van der Waals surface area contributed by atoms with Crippen LogP contribution in [0.4, 0.5) is 0 Å². The number of aryl methyl sites for hydroxylation is 1. The number of aromatic amines is 1. The Morgan fingerprint density at radius 2 is 1.77 bits per heavy atom. The maximum Gasteiger partial charge on any atom is 0.329 e. The van der Waals surface area contributed by atoms with Gasteiger partial charge in [0.1, 0.15) is 11.8 Å². The van der Waals surface area contributed by atoms with Crippen molar-refractivity contribution in [2.45, 2.75) is 0 Å². The van der Waals surface area contributed by atoms with Crippen LogP contribution in [0.1, 0.15) is 5.69 Å². The van der Waals surface area contributed by atoms with Crippen LogP contribution in [0.25, 0.3) is 33.9 Å². The molecule has 0 radical (unpaired) electrons. The normalized spacial score (nSPS) is 11.1. The molecule has 0 atom stereocenters. The molecule has 0 fully saturated rings. The van der Waals surface area contributed by atoms with Crippen LogP contribution in [0.2, 0.25) is 0 Å². The zero-order chi connectivity index (χ0) is 21.7. The molecule has 0 aliphatic carbocycles. The predicted molar refractivity (Wildman–Crippen MR) is 115 cm³/mol. The summed E-state index contributed by atoms with van der Waals surface area (Å²) >= 11 is 0. The quantitative estimate of drug-likeness (QED) is 0.489. The maximum absolute atomic E-state index is 12.7. The summed E-state index contributed by atoms with van der Waals surface area (Å²) in [5.74, 6) is 0.887. The summed E-state index contributed by atoms with van der Waals surface area (Å²) in [4.78, 5) is 31.8. The first-order valence-corrected chi connectivity index (χ1v) is 9.42. The number of benzene rings is 2. The number of hydrogen-bond donors (Lipinski definition) is 1. The van der Waals surface area contributed by atoms with Crippen LogP contribution < -0.4 is 16.0 Å². The monoisotopic (exact) mass is 412 g/mol. The lowest BCUT2D eigenvalue weighted by molar-refractivity contribution is 0.413. The average Bonchev–Trinajstić information content (AvgIpc) is 3.33. The van der Waals surface area contributed by atoms with Crippen LogP contribution in [0.3, 0.4) is 0 Å². The molecule has 152 valence electrons. The number of para-hydroxylation sites is 2. The van der Waals surface area contributed by atoms with Gasteiger partial charge in [0.25, 0.3) is 5.56 Å². The summed E-state index contributed by atoms with van der Waals surface area (Å²) in [7, 11) is 3.08. The fourth-order valence-corrected chi connectivity index (χ4v) is 3.85. The van der Waals surface area contributed by atoms with Crippen molar-refractivity contribution in [1.29, 1.82) is 5.26 Å². The molecular weight excluding hydrogens is 396 g/mol. The van der Waals surface area contributed by atoms with E-state index in [-0.39, 0.29) is 16.9 Å². The minimum Gasteiger partial charge on any atom is -0.495 e. The third-order valence-electron chi connectivity index (χ3n) is 5.25. The lowest BCUT2D eigenvalue weighted by Gasteiger charge is -2.13. The Morgan fingerprint density at radius 3 is 2.48 bits per heavy atom. The number of nitrogens with zero attached hydrogens (tertiary/aromatic N) is 5. The Labute approximate surface area is 175 Å². The molecular formula is C22H16N6O3. The zero-order valence-electron chi connectivity index (χ0n) is 16.7. The van der Waals surface area contributed by atoms with Crippen LogP contribution >= 0.6 is 0 Å². The standard InChI is InChI=1S/C22H16N6O3/c1-26-19-18(20(29)25-22(26)30)28-15(12-23)17(13-8-4-3-5-9-13)27(21(28)24-19)14-10-6-7-11-16(14)31-2/h3-11H,1-2H3,(H,25,29,30). The van der Waals surface area contributed by atoms with E-state index in [2.05, 4.69) is 16.0 Å². The highest BCUT2D eigenvalue weighted by molar-refractivity contribution is 5.83. The van der Waals surface area contributed by atoms with Gasteiger partial charge in [-0.15, -0.1) is 0 Å². The molecule has 0 spiro atoms. The molecule has 0 amide bonds. The summed E-state index contributed by atoms with van der Waals surface area (Å²) < 4.78 is 10.1. The lowest BCUT2D eigenvalue weighted by atomic mass is 10.1. The van der Waals surface area contributed by atoms with Crippen molar-refractivity contribution in [3.8, 4) is 28.8 Å². The molecule has 5 rings (SSSR count). The highest BCUT2D eigenvalue weighted by Crippen LogP contribution is 2.35. The van der Waals surface area contributed by atoms with E-state index >= 15 is 0 Å². The van der Waals surface area contributed by atoms with Crippen molar-refractivity contribution in [2.24, 2.45) is 7.05 Å². The average molecular weight is 412 g/mol. The Balaban J connectivity index is 2.08. The van der Waals surface area contributed by atoms with E-state index in [9.17, 15) is 14.9 Å². The first kappa shape index (κ1) is 18.4. The van der Waals surface area contributed by atoms with Gasteiger partial charge in [0.2, 0.25) is 5.78 Å². The number of hydrogen-bond acceptors (Lipinski definition) is 5. The summed E-state index contributed by atoms with van der Waals surface area (Å²) in [6.07, 6.45) is 0. The third kappa shape index (κ3) is 2.52. The molecule has 0 unspecified atom stereocenters.